The summed E-state index contributed by atoms with van der Waals surface area (Å²) >= 11 is 0. The molecule has 0 aliphatic rings. The zero-order valence-corrected chi connectivity index (χ0v) is 29.4. The van der Waals surface area contributed by atoms with Gasteiger partial charge in [0.1, 0.15) is 28.9 Å². The second-order valence-electron chi connectivity index (χ2n) is 13.9. The van der Waals surface area contributed by atoms with E-state index in [-0.39, 0.29) is 0 Å². The summed E-state index contributed by atoms with van der Waals surface area (Å²) in [5, 5.41) is 28.2. The molecule has 0 aliphatic heterocycles. The summed E-state index contributed by atoms with van der Waals surface area (Å²) in [6.07, 6.45) is 0. The van der Waals surface area contributed by atoms with E-state index in [2.05, 4.69) is 112 Å². The number of hydrogen-bond donors (Lipinski definition) is 0. The average Bonchev–Trinajstić information content (AvgIpc) is 3.91. The molecule has 8 aromatic carbocycles. The predicted molar refractivity (Wildman–Crippen MR) is 223 cm³/mol. The van der Waals surface area contributed by atoms with Gasteiger partial charge in [0.05, 0.1) is 44.4 Å². The van der Waals surface area contributed by atoms with Crippen LogP contribution in [-0.4, -0.2) is 9.13 Å². The summed E-state index contributed by atoms with van der Waals surface area (Å²) in [4.78, 5) is 0. The Balaban J connectivity index is 1.24. The van der Waals surface area contributed by atoms with Gasteiger partial charge < -0.3 is 13.6 Å². The number of furan rings is 1. The number of nitriles is 2. The van der Waals surface area contributed by atoms with Crippen LogP contribution in [0.1, 0.15) is 11.1 Å². The maximum Gasteiger partial charge on any atom is 0.145 e. The van der Waals surface area contributed by atoms with Crippen molar-refractivity contribution in [3.8, 4) is 45.8 Å². The molecule has 5 heteroatoms. The van der Waals surface area contributed by atoms with Crippen molar-refractivity contribution in [2.24, 2.45) is 0 Å². The van der Waals surface area contributed by atoms with Gasteiger partial charge in [-0.05, 0) is 82.9 Å². The molecule has 0 radical (unpaired) electrons. The molecule has 0 N–H and O–H groups in total. The molecule has 11 aromatic rings. The minimum atomic E-state index is 0.407. The Labute approximate surface area is 315 Å². The zero-order valence-electron chi connectivity index (χ0n) is 29.4. The number of rotatable bonds is 4. The molecule has 0 saturated carbocycles. The van der Waals surface area contributed by atoms with Gasteiger partial charge in [-0.3, -0.25) is 0 Å². The van der Waals surface area contributed by atoms with Crippen molar-refractivity contribution in [1.82, 2.24) is 9.13 Å². The van der Waals surface area contributed by atoms with Gasteiger partial charge in [0, 0.05) is 26.9 Å². The van der Waals surface area contributed by atoms with Crippen LogP contribution in [0.5, 0.6) is 0 Å². The van der Waals surface area contributed by atoms with Crippen LogP contribution in [-0.2, 0) is 0 Å². The smallest absolute Gasteiger partial charge is 0.145 e. The van der Waals surface area contributed by atoms with E-state index in [0.29, 0.717) is 22.5 Å². The highest BCUT2D eigenvalue weighted by molar-refractivity contribution is 6.24. The monoisotopic (exact) mass is 700 g/mol. The second kappa shape index (κ2) is 11.8. The van der Waals surface area contributed by atoms with Crippen molar-refractivity contribution in [3.05, 3.63) is 181 Å². The fourth-order valence-electron chi connectivity index (χ4n) is 8.58. The summed E-state index contributed by atoms with van der Waals surface area (Å²) in [5.74, 6) is 0. The van der Waals surface area contributed by atoms with Crippen LogP contribution in [0.15, 0.2) is 174 Å². The zero-order chi connectivity index (χ0) is 36.6. The molecule has 3 heterocycles. The third-order valence-electron chi connectivity index (χ3n) is 11.0. The van der Waals surface area contributed by atoms with E-state index < -0.39 is 0 Å². The van der Waals surface area contributed by atoms with E-state index in [1.807, 2.05) is 78.9 Å². The van der Waals surface area contributed by atoms with Gasteiger partial charge in [0.2, 0.25) is 0 Å². The lowest BCUT2D eigenvalue weighted by Crippen LogP contribution is -2.06. The topological polar surface area (TPSA) is 70.6 Å². The fourth-order valence-corrected chi connectivity index (χ4v) is 8.58. The molecule has 0 bridgehead atoms. The molecule has 0 unspecified atom stereocenters. The van der Waals surface area contributed by atoms with Crippen LogP contribution >= 0.6 is 0 Å². The normalized spacial score (nSPS) is 11.6. The van der Waals surface area contributed by atoms with Crippen molar-refractivity contribution in [1.29, 1.82) is 10.5 Å². The molecular formula is C50H28N4O. The molecular weight excluding hydrogens is 673 g/mol. The van der Waals surface area contributed by atoms with Gasteiger partial charge >= 0.3 is 0 Å². The Morgan fingerprint density at radius 3 is 1.65 bits per heavy atom. The second-order valence-corrected chi connectivity index (χ2v) is 13.9. The van der Waals surface area contributed by atoms with Crippen molar-refractivity contribution in [3.63, 3.8) is 0 Å². The first-order chi connectivity index (χ1) is 27.2. The first kappa shape index (κ1) is 30.7. The Kier molecular flexibility index (Phi) is 6.61. The first-order valence-corrected chi connectivity index (χ1v) is 18.2. The SMILES string of the molecule is N#Cc1ccc(-n2c3ccccc3c3c4oc5ccccc5c4ccc32)c(C#N)c1-n1c2ccc(-c3ccccc3)cc2c2cc(-c3ccccc3)ccc21. The van der Waals surface area contributed by atoms with Gasteiger partial charge in [-0.1, -0.05) is 109 Å². The summed E-state index contributed by atoms with van der Waals surface area (Å²) in [5.41, 5.74) is 11.8. The number of aromatic nitrogens is 2. The van der Waals surface area contributed by atoms with Crippen molar-refractivity contribution >= 4 is 65.6 Å². The minimum absolute atomic E-state index is 0.407. The molecule has 0 amide bonds. The first-order valence-electron chi connectivity index (χ1n) is 18.2. The van der Waals surface area contributed by atoms with Gasteiger partial charge in [0.15, 0.2) is 0 Å². The molecule has 0 saturated heterocycles. The predicted octanol–water partition coefficient (Wildman–Crippen LogP) is 12.9. The standard InChI is InChI=1S/C50H28N4O/c51-29-35-21-25-45(53-42-17-9-7-16-38(42)48-46(53)26-22-37-36-15-8-10-18-47(36)55-50(37)48)41(30-52)49(35)54-43-23-19-33(31-11-3-1-4-12-31)27-39(43)40-28-34(20-24-44(40)54)32-13-5-2-6-14-32/h1-28H. The lowest BCUT2D eigenvalue weighted by Gasteiger charge is -2.17. The van der Waals surface area contributed by atoms with Crippen LogP contribution in [0.3, 0.4) is 0 Å². The van der Waals surface area contributed by atoms with Crippen molar-refractivity contribution in [2.75, 3.05) is 0 Å². The minimum Gasteiger partial charge on any atom is -0.455 e. The van der Waals surface area contributed by atoms with Gasteiger partial charge in [-0.15, -0.1) is 0 Å². The van der Waals surface area contributed by atoms with Crippen LogP contribution in [0, 0.1) is 22.7 Å². The lowest BCUT2D eigenvalue weighted by atomic mass is 10.0. The third-order valence-corrected chi connectivity index (χ3v) is 11.0. The van der Waals surface area contributed by atoms with Gasteiger partial charge in [-0.25, -0.2) is 0 Å². The molecule has 5 nitrogen and oxygen atoms in total. The van der Waals surface area contributed by atoms with Gasteiger partial charge in [0.25, 0.3) is 0 Å². The Bertz CT molecular complexity index is 3350. The molecule has 3 aromatic heterocycles. The summed E-state index contributed by atoms with van der Waals surface area (Å²) in [7, 11) is 0. The highest BCUT2D eigenvalue weighted by atomic mass is 16.3. The van der Waals surface area contributed by atoms with E-state index in [4.69, 9.17) is 4.42 Å². The molecule has 254 valence electrons. The number of benzene rings is 8. The van der Waals surface area contributed by atoms with Crippen LogP contribution < -0.4 is 0 Å². The maximum atomic E-state index is 11.3. The molecule has 11 rings (SSSR count). The molecule has 55 heavy (non-hydrogen) atoms. The van der Waals surface area contributed by atoms with Crippen molar-refractivity contribution in [2.45, 2.75) is 0 Å². The van der Waals surface area contributed by atoms with Crippen molar-refractivity contribution < 1.29 is 4.42 Å². The highest BCUT2D eigenvalue weighted by Gasteiger charge is 2.25. The summed E-state index contributed by atoms with van der Waals surface area (Å²) in [6, 6.07) is 63.0. The average molecular weight is 701 g/mol. The Morgan fingerprint density at radius 1 is 0.418 bits per heavy atom. The summed E-state index contributed by atoms with van der Waals surface area (Å²) in [6.45, 7) is 0. The van der Waals surface area contributed by atoms with E-state index >= 15 is 0 Å². The third kappa shape index (κ3) is 4.45. The molecule has 0 atom stereocenters. The molecule has 0 fully saturated rings. The van der Waals surface area contributed by atoms with E-state index in [1.165, 1.54) is 0 Å². The van der Waals surface area contributed by atoms with E-state index in [9.17, 15) is 10.5 Å². The largest absolute Gasteiger partial charge is 0.455 e. The lowest BCUT2D eigenvalue weighted by molar-refractivity contribution is 0.673. The number of para-hydroxylation sites is 2. The molecule has 0 spiro atoms. The van der Waals surface area contributed by atoms with Gasteiger partial charge in [-0.2, -0.15) is 10.5 Å². The Hall–Kier alpha value is -7.86. The quantitative estimate of drug-likeness (QED) is 0.183. The molecule has 0 aliphatic carbocycles. The number of nitrogens with zero attached hydrogens (tertiary/aromatic N) is 4. The maximum absolute atomic E-state index is 11.3. The number of hydrogen-bond acceptors (Lipinski definition) is 3. The highest BCUT2D eigenvalue weighted by Crippen LogP contribution is 2.43. The summed E-state index contributed by atoms with van der Waals surface area (Å²) < 4.78 is 10.8. The van der Waals surface area contributed by atoms with E-state index in [0.717, 1.165) is 87.8 Å². The number of fused-ring (bicyclic) bond motifs is 10. The van der Waals surface area contributed by atoms with Crippen LogP contribution in [0.4, 0.5) is 0 Å². The van der Waals surface area contributed by atoms with Crippen LogP contribution in [0.25, 0.3) is 99.2 Å². The van der Waals surface area contributed by atoms with Crippen LogP contribution in [0.2, 0.25) is 0 Å². The van der Waals surface area contributed by atoms with E-state index in [1.54, 1.807) is 0 Å². The fraction of sp³-hybridized carbons (Fsp3) is 0. The Morgan fingerprint density at radius 2 is 1.00 bits per heavy atom.